The molecule has 1 fully saturated rings. The third kappa shape index (κ3) is 4.44. The fourth-order valence-corrected chi connectivity index (χ4v) is 4.23. The molecule has 3 heterocycles. The van der Waals surface area contributed by atoms with E-state index >= 15 is 0 Å². The number of ether oxygens (including phenoxy) is 1. The molecular formula is C24H26N6O3. The van der Waals surface area contributed by atoms with Crippen molar-refractivity contribution in [3.63, 3.8) is 0 Å². The van der Waals surface area contributed by atoms with Crippen LogP contribution in [0.4, 0.5) is 0 Å². The summed E-state index contributed by atoms with van der Waals surface area (Å²) >= 11 is 0. The lowest BCUT2D eigenvalue weighted by Crippen LogP contribution is -2.32. The molecule has 33 heavy (non-hydrogen) atoms. The van der Waals surface area contributed by atoms with E-state index in [9.17, 15) is 4.79 Å². The van der Waals surface area contributed by atoms with E-state index in [1.165, 1.54) is 12.8 Å². The molecule has 2 aromatic heterocycles. The zero-order valence-electron chi connectivity index (χ0n) is 18.6. The monoisotopic (exact) mass is 446 g/mol. The molecule has 9 nitrogen and oxygen atoms in total. The van der Waals surface area contributed by atoms with Crippen LogP contribution in [0.2, 0.25) is 0 Å². The summed E-state index contributed by atoms with van der Waals surface area (Å²) in [7, 11) is 1.61. The zero-order valence-corrected chi connectivity index (χ0v) is 18.6. The Bertz CT molecular complexity index is 1260. The Labute approximate surface area is 191 Å². The van der Waals surface area contributed by atoms with Crippen molar-refractivity contribution in [2.75, 3.05) is 20.2 Å². The molecule has 9 heteroatoms. The first-order valence-electron chi connectivity index (χ1n) is 11.3. The molecule has 0 N–H and O–H groups in total. The average Bonchev–Trinajstić information content (AvgIpc) is 3.41. The van der Waals surface area contributed by atoms with E-state index in [4.69, 9.17) is 9.26 Å². The molecule has 1 saturated heterocycles. The van der Waals surface area contributed by atoms with Crippen LogP contribution in [-0.2, 0) is 11.3 Å². The van der Waals surface area contributed by atoms with Gasteiger partial charge in [-0.15, -0.1) is 5.10 Å². The highest BCUT2D eigenvalue weighted by Crippen LogP contribution is 2.30. The van der Waals surface area contributed by atoms with Crippen molar-refractivity contribution in [3.8, 4) is 28.6 Å². The SMILES string of the molecule is COc1ccccc1-c1nc(-c2ccc3c(c2)nnn3CCC(=O)N2CCCCCC2)no1. The van der Waals surface area contributed by atoms with E-state index in [1.807, 2.05) is 47.4 Å². The Hall–Kier alpha value is -3.75. The molecule has 4 aromatic rings. The van der Waals surface area contributed by atoms with Crippen molar-refractivity contribution in [1.82, 2.24) is 30.0 Å². The molecule has 1 amide bonds. The Morgan fingerprint density at radius 1 is 1.09 bits per heavy atom. The molecule has 0 spiro atoms. The molecule has 0 unspecified atom stereocenters. The number of aryl methyl sites for hydroxylation is 1. The first-order chi connectivity index (χ1) is 16.2. The highest BCUT2D eigenvalue weighted by molar-refractivity contribution is 5.81. The minimum absolute atomic E-state index is 0.188. The van der Waals surface area contributed by atoms with Crippen molar-refractivity contribution >= 4 is 16.9 Å². The first-order valence-corrected chi connectivity index (χ1v) is 11.3. The standard InChI is InChI=1S/C24H26N6O3/c1-32-21-9-5-4-8-18(21)24-25-23(27-33-24)17-10-11-20-19(16-17)26-28-30(20)15-12-22(31)29-13-6-2-3-7-14-29/h4-5,8-11,16H,2-3,6-7,12-15H2,1H3. The maximum Gasteiger partial charge on any atom is 0.262 e. The molecule has 1 aliphatic heterocycles. The van der Waals surface area contributed by atoms with Crippen LogP contribution in [0.15, 0.2) is 47.0 Å². The summed E-state index contributed by atoms with van der Waals surface area (Å²) in [6.07, 6.45) is 5.03. The molecule has 0 saturated carbocycles. The summed E-state index contributed by atoms with van der Waals surface area (Å²) in [5.74, 6) is 1.70. The normalized spacial score (nSPS) is 14.4. The summed E-state index contributed by atoms with van der Waals surface area (Å²) < 4.78 is 12.6. The van der Waals surface area contributed by atoms with Gasteiger partial charge in [-0.3, -0.25) is 4.79 Å². The predicted molar refractivity (Wildman–Crippen MR) is 122 cm³/mol. The molecule has 1 aliphatic rings. The van der Waals surface area contributed by atoms with Crippen molar-refractivity contribution < 1.29 is 14.1 Å². The third-order valence-corrected chi connectivity index (χ3v) is 6.03. The van der Waals surface area contributed by atoms with Crippen LogP contribution >= 0.6 is 0 Å². The van der Waals surface area contributed by atoms with E-state index in [1.54, 1.807) is 11.8 Å². The zero-order chi connectivity index (χ0) is 22.6. The van der Waals surface area contributed by atoms with Gasteiger partial charge in [-0.1, -0.05) is 35.3 Å². The van der Waals surface area contributed by atoms with Gasteiger partial charge in [0.05, 0.1) is 24.7 Å². The second-order valence-corrected chi connectivity index (χ2v) is 8.18. The van der Waals surface area contributed by atoms with E-state index in [2.05, 4.69) is 20.5 Å². The number of likely N-dealkylation sites (tertiary alicyclic amines) is 1. The minimum Gasteiger partial charge on any atom is -0.496 e. The van der Waals surface area contributed by atoms with Crippen molar-refractivity contribution in [1.29, 1.82) is 0 Å². The number of methoxy groups -OCH3 is 1. The molecule has 170 valence electrons. The predicted octanol–water partition coefficient (Wildman–Crippen LogP) is 3.95. The average molecular weight is 447 g/mol. The Balaban J connectivity index is 1.31. The number of fused-ring (bicyclic) bond motifs is 1. The molecule has 0 radical (unpaired) electrons. The lowest BCUT2D eigenvalue weighted by atomic mass is 10.2. The van der Waals surface area contributed by atoms with Crippen molar-refractivity contribution in [3.05, 3.63) is 42.5 Å². The number of rotatable bonds is 6. The van der Waals surface area contributed by atoms with Gasteiger partial charge in [0.15, 0.2) is 0 Å². The van der Waals surface area contributed by atoms with Gasteiger partial charge in [0.1, 0.15) is 11.3 Å². The van der Waals surface area contributed by atoms with Gasteiger partial charge in [0, 0.05) is 25.1 Å². The second-order valence-electron chi connectivity index (χ2n) is 8.18. The molecule has 5 rings (SSSR count). The van der Waals surface area contributed by atoms with Crippen LogP contribution < -0.4 is 4.74 Å². The number of carbonyl (C=O) groups excluding carboxylic acids is 1. The van der Waals surface area contributed by atoms with Crippen LogP contribution in [0.1, 0.15) is 32.1 Å². The number of amides is 1. The fourth-order valence-electron chi connectivity index (χ4n) is 4.23. The summed E-state index contributed by atoms with van der Waals surface area (Å²) in [6, 6.07) is 13.2. The minimum atomic E-state index is 0.188. The Morgan fingerprint density at radius 2 is 1.91 bits per heavy atom. The molecule has 0 aliphatic carbocycles. The number of nitrogens with zero attached hydrogens (tertiary/aromatic N) is 6. The van der Waals surface area contributed by atoms with Crippen molar-refractivity contribution in [2.24, 2.45) is 0 Å². The lowest BCUT2D eigenvalue weighted by molar-refractivity contribution is -0.131. The van der Waals surface area contributed by atoms with Gasteiger partial charge in [0.25, 0.3) is 5.89 Å². The van der Waals surface area contributed by atoms with Gasteiger partial charge in [-0.25, -0.2) is 4.68 Å². The van der Waals surface area contributed by atoms with Gasteiger partial charge >= 0.3 is 0 Å². The Morgan fingerprint density at radius 3 is 2.73 bits per heavy atom. The van der Waals surface area contributed by atoms with Crippen LogP contribution in [0.3, 0.4) is 0 Å². The number of hydrogen-bond donors (Lipinski definition) is 0. The Kier molecular flexibility index (Phi) is 6.01. The molecule has 0 atom stereocenters. The maximum atomic E-state index is 12.6. The van der Waals surface area contributed by atoms with Crippen LogP contribution in [0.5, 0.6) is 5.75 Å². The van der Waals surface area contributed by atoms with E-state index in [0.717, 1.165) is 48.1 Å². The quantitative estimate of drug-likeness (QED) is 0.442. The maximum absolute atomic E-state index is 12.6. The van der Waals surface area contributed by atoms with Gasteiger partial charge in [-0.2, -0.15) is 4.98 Å². The fraction of sp³-hybridized carbons (Fsp3) is 0.375. The number of aromatic nitrogens is 5. The van der Waals surface area contributed by atoms with E-state index < -0.39 is 0 Å². The summed E-state index contributed by atoms with van der Waals surface area (Å²) in [5.41, 5.74) is 3.11. The number of carbonyl (C=O) groups is 1. The van der Waals surface area contributed by atoms with Crippen LogP contribution in [0, 0.1) is 0 Å². The van der Waals surface area contributed by atoms with Crippen LogP contribution in [0.25, 0.3) is 33.9 Å². The molecule has 2 aromatic carbocycles. The van der Waals surface area contributed by atoms with Gasteiger partial charge in [0.2, 0.25) is 11.7 Å². The smallest absolute Gasteiger partial charge is 0.262 e. The van der Waals surface area contributed by atoms with Gasteiger partial charge < -0.3 is 14.2 Å². The van der Waals surface area contributed by atoms with Crippen LogP contribution in [-0.4, -0.2) is 56.1 Å². The first kappa shape index (κ1) is 21.1. The number of hydrogen-bond acceptors (Lipinski definition) is 7. The number of benzene rings is 2. The molecular weight excluding hydrogens is 420 g/mol. The highest BCUT2D eigenvalue weighted by Gasteiger charge is 2.18. The highest BCUT2D eigenvalue weighted by atomic mass is 16.5. The third-order valence-electron chi connectivity index (χ3n) is 6.03. The van der Waals surface area contributed by atoms with E-state index in [0.29, 0.717) is 30.4 Å². The van der Waals surface area contributed by atoms with E-state index in [-0.39, 0.29) is 5.91 Å². The molecule has 0 bridgehead atoms. The summed E-state index contributed by atoms with van der Waals surface area (Å²) in [5, 5.41) is 12.7. The summed E-state index contributed by atoms with van der Waals surface area (Å²) in [6.45, 7) is 2.23. The number of para-hydroxylation sites is 1. The lowest BCUT2D eigenvalue weighted by Gasteiger charge is -2.20. The summed E-state index contributed by atoms with van der Waals surface area (Å²) in [4.78, 5) is 19.1. The topological polar surface area (TPSA) is 99.2 Å². The second kappa shape index (κ2) is 9.40. The largest absolute Gasteiger partial charge is 0.496 e. The van der Waals surface area contributed by atoms with Gasteiger partial charge in [-0.05, 0) is 43.2 Å². The van der Waals surface area contributed by atoms with Crippen molar-refractivity contribution in [2.45, 2.75) is 38.6 Å².